The fraction of sp³-hybridized carbons (Fsp3) is 0.400. The lowest BCUT2D eigenvalue weighted by Crippen LogP contribution is -2.36. The SMILES string of the molecule is CC(N)C(C)(F)c1cccc(O)c1. The van der Waals surface area contributed by atoms with Gasteiger partial charge in [0.2, 0.25) is 0 Å². The van der Waals surface area contributed by atoms with Gasteiger partial charge in [0.1, 0.15) is 11.4 Å². The van der Waals surface area contributed by atoms with Crippen molar-refractivity contribution in [3.63, 3.8) is 0 Å². The van der Waals surface area contributed by atoms with E-state index in [4.69, 9.17) is 10.8 Å². The molecule has 0 aromatic heterocycles. The van der Waals surface area contributed by atoms with Crippen molar-refractivity contribution < 1.29 is 9.50 Å². The van der Waals surface area contributed by atoms with E-state index < -0.39 is 11.7 Å². The molecule has 0 fully saturated rings. The molecule has 1 rings (SSSR count). The molecule has 0 spiro atoms. The van der Waals surface area contributed by atoms with Crippen LogP contribution in [0.4, 0.5) is 4.39 Å². The van der Waals surface area contributed by atoms with E-state index in [1.807, 2.05) is 0 Å². The first-order valence-electron chi connectivity index (χ1n) is 4.18. The second-order valence-corrected chi connectivity index (χ2v) is 3.41. The molecular weight excluding hydrogens is 169 g/mol. The highest BCUT2D eigenvalue weighted by Crippen LogP contribution is 2.29. The van der Waals surface area contributed by atoms with Gasteiger partial charge in [-0.15, -0.1) is 0 Å². The summed E-state index contributed by atoms with van der Waals surface area (Å²) in [5.41, 5.74) is 4.30. The third kappa shape index (κ3) is 1.98. The van der Waals surface area contributed by atoms with Crippen LogP contribution in [0.3, 0.4) is 0 Å². The Balaban J connectivity index is 3.07. The molecule has 2 unspecified atom stereocenters. The highest BCUT2D eigenvalue weighted by atomic mass is 19.1. The van der Waals surface area contributed by atoms with Gasteiger partial charge < -0.3 is 10.8 Å². The zero-order chi connectivity index (χ0) is 10.1. The van der Waals surface area contributed by atoms with Gasteiger partial charge in [-0.3, -0.25) is 0 Å². The van der Waals surface area contributed by atoms with Crippen molar-refractivity contribution in [3.05, 3.63) is 29.8 Å². The van der Waals surface area contributed by atoms with Crippen molar-refractivity contribution in [2.24, 2.45) is 5.73 Å². The van der Waals surface area contributed by atoms with E-state index in [9.17, 15) is 4.39 Å². The smallest absolute Gasteiger partial charge is 0.148 e. The van der Waals surface area contributed by atoms with Gasteiger partial charge in [0.15, 0.2) is 0 Å². The zero-order valence-corrected chi connectivity index (χ0v) is 7.79. The van der Waals surface area contributed by atoms with E-state index in [0.717, 1.165) is 0 Å². The molecular formula is C10H14FNO. The number of phenolic OH excluding ortho intramolecular Hbond substituents is 1. The minimum absolute atomic E-state index is 0.0574. The van der Waals surface area contributed by atoms with Crippen molar-refractivity contribution in [2.75, 3.05) is 0 Å². The fourth-order valence-corrected chi connectivity index (χ4v) is 1.07. The lowest BCUT2D eigenvalue weighted by Gasteiger charge is -2.24. The monoisotopic (exact) mass is 183 g/mol. The summed E-state index contributed by atoms with van der Waals surface area (Å²) in [4.78, 5) is 0. The third-order valence-corrected chi connectivity index (χ3v) is 2.27. The molecule has 13 heavy (non-hydrogen) atoms. The predicted molar refractivity (Wildman–Crippen MR) is 50.2 cm³/mol. The summed E-state index contributed by atoms with van der Waals surface area (Å²) in [7, 11) is 0. The van der Waals surface area contributed by atoms with Gasteiger partial charge in [-0.05, 0) is 31.5 Å². The number of nitrogens with two attached hydrogens (primary N) is 1. The summed E-state index contributed by atoms with van der Waals surface area (Å²) in [6.07, 6.45) is 0. The lowest BCUT2D eigenvalue weighted by atomic mass is 9.91. The van der Waals surface area contributed by atoms with Crippen LogP contribution in [0.2, 0.25) is 0 Å². The molecule has 0 aliphatic heterocycles. The first-order valence-corrected chi connectivity index (χ1v) is 4.18. The minimum atomic E-state index is -1.60. The first-order chi connectivity index (χ1) is 5.94. The second kappa shape index (κ2) is 3.34. The molecule has 1 aromatic carbocycles. The third-order valence-electron chi connectivity index (χ3n) is 2.27. The number of hydrogen-bond donors (Lipinski definition) is 2. The second-order valence-electron chi connectivity index (χ2n) is 3.41. The van der Waals surface area contributed by atoms with Gasteiger partial charge in [0.05, 0.1) is 0 Å². The van der Waals surface area contributed by atoms with Crippen LogP contribution in [0, 0.1) is 0 Å². The fourth-order valence-electron chi connectivity index (χ4n) is 1.07. The molecule has 2 atom stereocenters. The Morgan fingerprint density at radius 1 is 1.54 bits per heavy atom. The number of benzene rings is 1. The van der Waals surface area contributed by atoms with E-state index in [2.05, 4.69) is 0 Å². The molecule has 0 saturated heterocycles. The summed E-state index contributed by atoms with van der Waals surface area (Å²) in [6, 6.07) is 5.51. The van der Waals surface area contributed by atoms with Gasteiger partial charge in [-0.1, -0.05) is 12.1 Å². The number of hydrogen-bond acceptors (Lipinski definition) is 2. The Bertz CT molecular complexity index is 297. The van der Waals surface area contributed by atoms with Crippen molar-refractivity contribution in [1.29, 1.82) is 0 Å². The average molecular weight is 183 g/mol. The van der Waals surface area contributed by atoms with Gasteiger partial charge in [-0.2, -0.15) is 0 Å². The summed E-state index contributed by atoms with van der Waals surface area (Å²) in [6.45, 7) is 3.01. The maximum absolute atomic E-state index is 13.9. The Kier molecular flexibility index (Phi) is 2.57. The lowest BCUT2D eigenvalue weighted by molar-refractivity contribution is 0.157. The van der Waals surface area contributed by atoms with E-state index in [0.29, 0.717) is 5.56 Å². The van der Waals surface area contributed by atoms with E-state index >= 15 is 0 Å². The van der Waals surface area contributed by atoms with Gasteiger partial charge in [-0.25, -0.2) is 4.39 Å². The molecule has 0 aliphatic carbocycles. The average Bonchev–Trinajstić information content (AvgIpc) is 2.04. The molecule has 3 heteroatoms. The Morgan fingerprint density at radius 3 is 2.62 bits per heavy atom. The summed E-state index contributed by atoms with van der Waals surface area (Å²) < 4.78 is 13.9. The maximum atomic E-state index is 13.9. The summed E-state index contributed by atoms with van der Waals surface area (Å²) in [5.74, 6) is 0.0574. The largest absolute Gasteiger partial charge is 0.508 e. The van der Waals surface area contributed by atoms with Crippen LogP contribution in [0.25, 0.3) is 0 Å². The highest BCUT2D eigenvalue weighted by molar-refractivity contribution is 5.31. The normalized spacial score (nSPS) is 17.8. The van der Waals surface area contributed by atoms with Crippen LogP contribution < -0.4 is 5.73 Å². The van der Waals surface area contributed by atoms with Crippen LogP contribution in [-0.4, -0.2) is 11.1 Å². The number of phenols is 1. The molecule has 0 amide bonds. The highest BCUT2D eigenvalue weighted by Gasteiger charge is 2.30. The van der Waals surface area contributed by atoms with Crippen molar-refractivity contribution in [3.8, 4) is 5.75 Å². The first kappa shape index (κ1) is 9.99. The molecule has 0 heterocycles. The number of halogens is 1. The topological polar surface area (TPSA) is 46.2 Å². The molecule has 3 N–H and O–H groups in total. The Hall–Kier alpha value is -1.09. The summed E-state index contributed by atoms with van der Waals surface area (Å²) in [5, 5.41) is 9.15. The van der Waals surface area contributed by atoms with Gasteiger partial charge in [0.25, 0.3) is 0 Å². The maximum Gasteiger partial charge on any atom is 0.148 e. The van der Waals surface area contributed by atoms with Crippen molar-refractivity contribution in [2.45, 2.75) is 25.6 Å². The van der Waals surface area contributed by atoms with E-state index in [1.165, 1.54) is 19.1 Å². The molecule has 2 nitrogen and oxygen atoms in total. The minimum Gasteiger partial charge on any atom is -0.508 e. The van der Waals surface area contributed by atoms with Crippen LogP contribution in [0.15, 0.2) is 24.3 Å². The van der Waals surface area contributed by atoms with Crippen molar-refractivity contribution >= 4 is 0 Å². The molecule has 0 bridgehead atoms. The molecule has 1 aromatic rings. The van der Waals surface area contributed by atoms with Crippen molar-refractivity contribution in [1.82, 2.24) is 0 Å². The van der Waals surface area contributed by atoms with Crippen LogP contribution in [-0.2, 0) is 5.67 Å². The van der Waals surface area contributed by atoms with Crippen LogP contribution in [0.1, 0.15) is 19.4 Å². The van der Waals surface area contributed by atoms with E-state index in [-0.39, 0.29) is 5.75 Å². The molecule has 72 valence electrons. The van der Waals surface area contributed by atoms with Gasteiger partial charge in [0, 0.05) is 6.04 Å². The quantitative estimate of drug-likeness (QED) is 0.735. The molecule has 0 radical (unpaired) electrons. The Labute approximate surface area is 77.2 Å². The standard InChI is InChI=1S/C10H14FNO/c1-7(12)10(2,11)8-4-3-5-9(13)6-8/h3-7,13H,12H2,1-2H3. The molecule has 0 saturated carbocycles. The predicted octanol–water partition coefficient (Wildman–Crippen LogP) is 1.92. The van der Waals surface area contributed by atoms with Crippen LogP contribution in [0.5, 0.6) is 5.75 Å². The Morgan fingerprint density at radius 2 is 2.15 bits per heavy atom. The number of alkyl halides is 1. The van der Waals surface area contributed by atoms with E-state index in [1.54, 1.807) is 19.1 Å². The molecule has 0 aliphatic rings. The van der Waals surface area contributed by atoms with Gasteiger partial charge >= 0.3 is 0 Å². The number of rotatable bonds is 2. The number of aromatic hydroxyl groups is 1. The summed E-state index contributed by atoms with van der Waals surface area (Å²) >= 11 is 0. The zero-order valence-electron chi connectivity index (χ0n) is 7.79. The van der Waals surface area contributed by atoms with Crippen LogP contribution >= 0.6 is 0 Å².